The van der Waals surface area contributed by atoms with Crippen LogP contribution in [0, 0.1) is 24.6 Å². The van der Waals surface area contributed by atoms with Crippen LogP contribution in [0.25, 0.3) is 0 Å². The van der Waals surface area contributed by atoms with E-state index >= 15 is 0 Å². The number of hydrogen-bond acceptors (Lipinski definition) is 2. The Morgan fingerprint density at radius 3 is 2.30 bits per heavy atom. The summed E-state index contributed by atoms with van der Waals surface area (Å²) in [5.41, 5.74) is 2.35. The third-order valence-corrected chi connectivity index (χ3v) is 4.58. The highest BCUT2D eigenvalue weighted by molar-refractivity contribution is 5.57. The molecule has 0 saturated carbocycles. The van der Waals surface area contributed by atoms with Gasteiger partial charge in [-0.3, -0.25) is 0 Å². The van der Waals surface area contributed by atoms with Crippen LogP contribution >= 0.6 is 0 Å². The molecule has 1 heterocycles. The minimum Gasteiger partial charge on any atom is -0.389 e. The number of nitrogens with zero attached hydrogens (tertiary/aromatic N) is 1. The first-order valence-corrected chi connectivity index (χ1v) is 7.63. The summed E-state index contributed by atoms with van der Waals surface area (Å²) in [5.74, 6) is 1.27. The van der Waals surface area contributed by atoms with Gasteiger partial charge < -0.3 is 10.0 Å². The van der Waals surface area contributed by atoms with Crippen LogP contribution in [0.1, 0.15) is 50.8 Å². The van der Waals surface area contributed by atoms with E-state index in [9.17, 15) is 9.50 Å². The SMILES string of the molecule is Cc1cc(N2CCC(C(C)C)CC2)c([C@@H](C)O)cc1F. The van der Waals surface area contributed by atoms with E-state index in [2.05, 4.69) is 18.7 Å². The van der Waals surface area contributed by atoms with E-state index in [0.29, 0.717) is 11.1 Å². The van der Waals surface area contributed by atoms with E-state index in [-0.39, 0.29) is 5.82 Å². The van der Waals surface area contributed by atoms with E-state index in [1.807, 2.05) is 6.07 Å². The summed E-state index contributed by atoms with van der Waals surface area (Å²) >= 11 is 0. The first-order valence-electron chi connectivity index (χ1n) is 7.63. The maximum Gasteiger partial charge on any atom is 0.126 e. The molecule has 1 aliphatic heterocycles. The van der Waals surface area contributed by atoms with Gasteiger partial charge in [0, 0.05) is 24.3 Å². The summed E-state index contributed by atoms with van der Waals surface area (Å²) in [5, 5.41) is 9.90. The summed E-state index contributed by atoms with van der Waals surface area (Å²) in [6, 6.07) is 3.37. The van der Waals surface area contributed by atoms with Crippen molar-refractivity contribution in [1.29, 1.82) is 0 Å². The molecule has 3 heteroatoms. The molecule has 1 atom stereocenters. The van der Waals surface area contributed by atoms with Gasteiger partial charge in [0.15, 0.2) is 0 Å². The van der Waals surface area contributed by atoms with Crippen LogP contribution in [0.15, 0.2) is 12.1 Å². The normalized spacial score (nSPS) is 18.6. The summed E-state index contributed by atoms with van der Waals surface area (Å²) in [6.07, 6.45) is 1.71. The number of hydrogen-bond donors (Lipinski definition) is 1. The zero-order valence-electron chi connectivity index (χ0n) is 13.0. The second kappa shape index (κ2) is 6.13. The molecule has 0 radical (unpaired) electrons. The number of aliphatic hydroxyl groups excluding tert-OH is 1. The topological polar surface area (TPSA) is 23.5 Å². The minimum atomic E-state index is -0.636. The maximum atomic E-state index is 13.7. The maximum absolute atomic E-state index is 13.7. The second-order valence-electron chi connectivity index (χ2n) is 6.40. The summed E-state index contributed by atoms with van der Waals surface area (Å²) in [7, 11) is 0. The largest absolute Gasteiger partial charge is 0.389 e. The zero-order valence-corrected chi connectivity index (χ0v) is 13.0. The minimum absolute atomic E-state index is 0.235. The van der Waals surface area contributed by atoms with Gasteiger partial charge in [0.1, 0.15) is 5.82 Å². The first-order chi connectivity index (χ1) is 9.40. The molecule has 1 aromatic carbocycles. The van der Waals surface area contributed by atoms with E-state index in [0.717, 1.165) is 30.6 Å². The lowest BCUT2D eigenvalue weighted by Crippen LogP contribution is -2.36. The van der Waals surface area contributed by atoms with E-state index < -0.39 is 6.10 Å². The lowest BCUT2D eigenvalue weighted by atomic mass is 9.86. The molecule has 0 unspecified atom stereocenters. The smallest absolute Gasteiger partial charge is 0.126 e. The Bertz CT molecular complexity index is 462. The van der Waals surface area contributed by atoms with Gasteiger partial charge in [-0.1, -0.05) is 13.8 Å². The van der Waals surface area contributed by atoms with Gasteiger partial charge in [-0.15, -0.1) is 0 Å². The van der Waals surface area contributed by atoms with E-state index in [1.54, 1.807) is 13.8 Å². The van der Waals surface area contributed by atoms with Gasteiger partial charge in [-0.05, 0) is 56.2 Å². The van der Waals surface area contributed by atoms with Crippen LogP contribution in [0.4, 0.5) is 10.1 Å². The molecule has 1 saturated heterocycles. The van der Waals surface area contributed by atoms with Crippen LogP contribution in [0.2, 0.25) is 0 Å². The number of anilines is 1. The van der Waals surface area contributed by atoms with Crippen molar-refractivity contribution < 1.29 is 9.50 Å². The van der Waals surface area contributed by atoms with Crippen LogP contribution in [-0.4, -0.2) is 18.2 Å². The van der Waals surface area contributed by atoms with Crippen molar-refractivity contribution in [3.05, 3.63) is 29.1 Å². The van der Waals surface area contributed by atoms with Crippen LogP contribution < -0.4 is 4.90 Å². The molecule has 20 heavy (non-hydrogen) atoms. The van der Waals surface area contributed by atoms with E-state index in [4.69, 9.17) is 0 Å². The highest BCUT2D eigenvalue weighted by Gasteiger charge is 2.24. The lowest BCUT2D eigenvalue weighted by Gasteiger charge is -2.37. The molecule has 112 valence electrons. The molecule has 0 amide bonds. The standard InChI is InChI=1S/C17H26FNO/c1-11(2)14-5-7-19(8-6-14)17-9-12(3)16(18)10-15(17)13(4)20/h9-11,13-14,20H,5-8H2,1-4H3/t13-/m1/s1. The number of benzene rings is 1. The van der Waals surface area contributed by atoms with Crippen molar-refractivity contribution in [3.63, 3.8) is 0 Å². The number of piperidine rings is 1. The Kier molecular flexibility index (Phi) is 4.69. The van der Waals surface area contributed by atoms with Crippen molar-refractivity contribution in [1.82, 2.24) is 0 Å². The Morgan fingerprint density at radius 2 is 1.80 bits per heavy atom. The molecule has 2 nitrogen and oxygen atoms in total. The predicted molar refractivity (Wildman–Crippen MR) is 81.5 cm³/mol. The monoisotopic (exact) mass is 279 g/mol. The quantitative estimate of drug-likeness (QED) is 0.902. The molecule has 1 aliphatic rings. The van der Waals surface area contributed by atoms with E-state index in [1.165, 1.54) is 18.9 Å². The molecule has 2 rings (SSSR count). The molecule has 0 bridgehead atoms. The highest BCUT2D eigenvalue weighted by atomic mass is 19.1. The average molecular weight is 279 g/mol. The van der Waals surface area contributed by atoms with Crippen LogP contribution in [0.3, 0.4) is 0 Å². The Labute approximate surface area is 121 Å². The Balaban J connectivity index is 2.23. The van der Waals surface area contributed by atoms with Crippen molar-refractivity contribution >= 4 is 5.69 Å². The predicted octanol–water partition coefficient (Wildman–Crippen LogP) is 4.06. The fourth-order valence-electron chi connectivity index (χ4n) is 3.10. The summed E-state index contributed by atoms with van der Waals surface area (Å²) in [6.45, 7) is 10.0. The first kappa shape index (κ1) is 15.3. The van der Waals surface area contributed by atoms with Gasteiger partial charge in [-0.25, -0.2) is 4.39 Å². The van der Waals surface area contributed by atoms with Gasteiger partial charge in [0.2, 0.25) is 0 Å². The van der Waals surface area contributed by atoms with Crippen molar-refractivity contribution in [2.45, 2.75) is 46.6 Å². The number of rotatable bonds is 3. The van der Waals surface area contributed by atoms with Gasteiger partial charge >= 0.3 is 0 Å². The molecule has 1 N–H and O–H groups in total. The summed E-state index contributed by atoms with van der Waals surface area (Å²) in [4.78, 5) is 2.30. The molecular weight excluding hydrogens is 253 g/mol. The fourth-order valence-corrected chi connectivity index (χ4v) is 3.10. The highest BCUT2D eigenvalue weighted by Crippen LogP contribution is 2.33. The van der Waals surface area contributed by atoms with Gasteiger partial charge in [-0.2, -0.15) is 0 Å². The summed E-state index contributed by atoms with van der Waals surface area (Å²) < 4.78 is 13.7. The number of aliphatic hydroxyl groups is 1. The fraction of sp³-hybridized carbons (Fsp3) is 0.647. The third kappa shape index (κ3) is 3.14. The van der Waals surface area contributed by atoms with Crippen molar-refractivity contribution in [3.8, 4) is 0 Å². The van der Waals surface area contributed by atoms with Crippen LogP contribution in [0.5, 0.6) is 0 Å². The molecule has 0 spiro atoms. The molecule has 0 aromatic heterocycles. The third-order valence-electron chi connectivity index (χ3n) is 4.58. The van der Waals surface area contributed by atoms with Gasteiger partial charge in [0.05, 0.1) is 6.10 Å². The Morgan fingerprint density at radius 1 is 1.20 bits per heavy atom. The molecular formula is C17H26FNO. The van der Waals surface area contributed by atoms with Gasteiger partial charge in [0.25, 0.3) is 0 Å². The average Bonchev–Trinajstić information content (AvgIpc) is 2.41. The number of aryl methyl sites for hydroxylation is 1. The zero-order chi connectivity index (χ0) is 14.9. The molecule has 1 fully saturated rings. The molecule has 1 aromatic rings. The molecule has 0 aliphatic carbocycles. The Hall–Kier alpha value is -1.09. The lowest BCUT2D eigenvalue weighted by molar-refractivity contribution is 0.198. The van der Waals surface area contributed by atoms with Crippen molar-refractivity contribution in [2.75, 3.05) is 18.0 Å². The number of halogens is 1. The van der Waals surface area contributed by atoms with Crippen LogP contribution in [-0.2, 0) is 0 Å². The van der Waals surface area contributed by atoms with Crippen molar-refractivity contribution in [2.24, 2.45) is 11.8 Å². The second-order valence-corrected chi connectivity index (χ2v) is 6.40.